The van der Waals surface area contributed by atoms with Gasteiger partial charge in [-0.2, -0.15) is 0 Å². The molecule has 4 rings (SSSR count). The minimum atomic E-state index is -0.329. The van der Waals surface area contributed by atoms with E-state index in [1.807, 2.05) is 0 Å². The minimum Gasteiger partial charge on any atom is -0.490 e. The normalized spacial score (nSPS) is 15.9. The number of rotatable bonds is 2. The van der Waals surface area contributed by atoms with Crippen molar-refractivity contribution in [3.8, 4) is 5.75 Å². The van der Waals surface area contributed by atoms with Gasteiger partial charge >= 0.3 is 0 Å². The molecule has 0 amide bonds. The molecule has 0 atom stereocenters. The molecule has 0 unspecified atom stereocenters. The lowest BCUT2D eigenvalue weighted by molar-refractivity contribution is 0.0256. The molecule has 1 aliphatic heterocycles. The maximum absolute atomic E-state index is 14.4. The molecule has 1 N–H and O–H groups in total. The standard InChI is InChI=1S/C19H18FNO3/c1-11-8-16(20)18-14-3-2-13(24-12-4-6-23-7-5-12)10-15(14)19(22)21-17(18)9-11/h2-3,8-10,12H,4-7H2,1H3,(H,21,22). The Hall–Kier alpha value is -2.40. The molecule has 2 aromatic carbocycles. The Morgan fingerprint density at radius 1 is 1.17 bits per heavy atom. The first-order chi connectivity index (χ1) is 11.6. The van der Waals surface area contributed by atoms with Crippen molar-refractivity contribution in [1.82, 2.24) is 4.98 Å². The Morgan fingerprint density at radius 3 is 2.75 bits per heavy atom. The fourth-order valence-electron chi connectivity index (χ4n) is 3.29. The van der Waals surface area contributed by atoms with Crippen LogP contribution in [0.1, 0.15) is 18.4 Å². The van der Waals surface area contributed by atoms with Crippen LogP contribution in [0.5, 0.6) is 5.75 Å². The molecule has 0 saturated carbocycles. The molecule has 1 fully saturated rings. The lowest BCUT2D eigenvalue weighted by Gasteiger charge is -2.23. The van der Waals surface area contributed by atoms with Gasteiger partial charge in [-0.05, 0) is 48.2 Å². The van der Waals surface area contributed by atoms with Crippen molar-refractivity contribution in [3.63, 3.8) is 0 Å². The zero-order valence-electron chi connectivity index (χ0n) is 13.4. The number of aryl methyl sites for hydroxylation is 1. The second-order valence-electron chi connectivity index (χ2n) is 6.26. The third-order valence-electron chi connectivity index (χ3n) is 4.46. The summed E-state index contributed by atoms with van der Waals surface area (Å²) >= 11 is 0. The summed E-state index contributed by atoms with van der Waals surface area (Å²) in [6, 6.07) is 8.52. The average Bonchev–Trinajstić information content (AvgIpc) is 2.55. The van der Waals surface area contributed by atoms with Gasteiger partial charge in [-0.3, -0.25) is 4.79 Å². The summed E-state index contributed by atoms with van der Waals surface area (Å²) in [5.41, 5.74) is 1.05. The van der Waals surface area contributed by atoms with Crippen molar-refractivity contribution in [1.29, 1.82) is 0 Å². The maximum atomic E-state index is 14.4. The van der Waals surface area contributed by atoms with Crippen molar-refractivity contribution in [2.75, 3.05) is 13.2 Å². The number of benzene rings is 2. The topological polar surface area (TPSA) is 51.3 Å². The smallest absolute Gasteiger partial charge is 0.256 e. The van der Waals surface area contributed by atoms with E-state index in [9.17, 15) is 9.18 Å². The Kier molecular flexibility index (Phi) is 3.73. The van der Waals surface area contributed by atoms with E-state index in [1.54, 1.807) is 31.2 Å². The molecule has 0 spiro atoms. The van der Waals surface area contributed by atoms with E-state index in [0.717, 1.165) is 18.4 Å². The molecule has 1 aromatic heterocycles. The highest BCUT2D eigenvalue weighted by atomic mass is 19.1. The van der Waals surface area contributed by atoms with Gasteiger partial charge in [0.05, 0.1) is 24.1 Å². The van der Waals surface area contributed by atoms with Crippen LogP contribution in [0.25, 0.3) is 21.7 Å². The molecule has 0 radical (unpaired) electrons. The van der Waals surface area contributed by atoms with E-state index in [1.165, 1.54) is 6.07 Å². The lowest BCUT2D eigenvalue weighted by atomic mass is 10.0. The lowest BCUT2D eigenvalue weighted by Crippen LogP contribution is -2.25. The molecular formula is C19H18FNO3. The van der Waals surface area contributed by atoms with Crippen LogP contribution in [0.2, 0.25) is 0 Å². The van der Waals surface area contributed by atoms with Crippen LogP contribution in [0.4, 0.5) is 4.39 Å². The molecule has 2 heterocycles. The molecule has 1 saturated heterocycles. The van der Waals surface area contributed by atoms with E-state index < -0.39 is 0 Å². The second-order valence-corrected chi connectivity index (χ2v) is 6.26. The molecule has 124 valence electrons. The number of pyridine rings is 1. The third-order valence-corrected chi connectivity index (χ3v) is 4.46. The highest BCUT2D eigenvalue weighted by Crippen LogP contribution is 2.28. The van der Waals surface area contributed by atoms with Crippen LogP contribution in [0.3, 0.4) is 0 Å². The van der Waals surface area contributed by atoms with Crippen LogP contribution in [0, 0.1) is 12.7 Å². The van der Waals surface area contributed by atoms with Crippen molar-refractivity contribution in [3.05, 3.63) is 52.1 Å². The second kappa shape index (κ2) is 5.91. The highest BCUT2D eigenvalue weighted by Gasteiger charge is 2.16. The van der Waals surface area contributed by atoms with E-state index in [-0.39, 0.29) is 17.5 Å². The van der Waals surface area contributed by atoms with E-state index in [2.05, 4.69) is 4.98 Å². The van der Waals surface area contributed by atoms with E-state index in [0.29, 0.717) is 40.6 Å². The number of fused-ring (bicyclic) bond motifs is 3. The van der Waals surface area contributed by atoms with Crippen LogP contribution < -0.4 is 10.3 Å². The molecule has 3 aromatic rings. The fourth-order valence-corrected chi connectivity index (χ4v) is 3.29. The van der Waals surface area contributed by atoms with E-state index >= 15 is 0 Å². The van der Waals surface area contributed by atoms with Crippen molar-refractivity contribution in [2.24, 2.45) is 0 Å². The largest absolute Gasteiger partial charge is 0.490 e. The number of nitrogens with one attached hydrogen (secondary N) is 1. The first kappa shape index (κ1) is 15.1. The van der Waals surface area contributed by atoms with Gasteiger partial charge < -0.3 is 14.5 Å². The molecule has 24 heavy (non-hydrogen) atoms. The van der Waals surface area contributed by atoms with Crippen molar-refractivity contribution < 1.29 is 13.9 Å². The van der Waals surface area contributed by atoms with Gasteiger partial charge in [0.1, 0.15) is 17.7 Å². The Labute approximate surface area is 138 Å². The Balaban J connectivity index is 1.83. The summed E-state index contributed by atoms with van der Waals surface area (Å²) in [6.45, 7) is 3.18. The summed E-state index contributed by atoms with van der Waals surface area (Å²) in [4.78, 5) is 15.2. The minimum absolute atomic E-state index is 0.0927. The summed E-state index contributed by atoms with van der Waals surface area (Å²) < 4.78 is 25.7. The van der Waals surface area contributed by atoms with Gasteiger partial charge in [-0.1, -0.05) is 0 Å². The number of aromatic amines is 1. The predicted molar refractivity (Wildman–Crippen MR) is 91.2 cm³/mol. The number of H-pyrrole nitrogens is 1. The summed E-state index contributed by atoms with van der Waals surface area (Å²) in [5, 5.41) is 1.48. The molecule has 1 aliphatic rings. The average molecular weight is 327 g/mol. The van der Waals surface area contributed by atoms with Crippen LogP contribution in [-0.4, -0.2) is 24.3 Å². The SMILES string of the molecule is Cc1cc(F)c2c(c1)[nH]c(=O)c1cc(OC3CCOCC3)ccc12. The zero-order valence-corrected chi connectivity index (χ0v) is 13.4. The van der Waals surface area contributed by atoms with Gasteiger partial charge in [0.15, 0.2) is 0 Å². The van der Waals surface area contributed by atoms with Crippen LogP contribution in [-0.2, 0) is 4.74 Å². The predicted octanol–water partition coefficient (Wildman–Crippen LogP) is 3.69. The number of aromatic nitrogens is 1. The number of halogens is 1. The van der Waals surface area contributed by atoms with Gasteiger partial charge in [0.2, 0.25) is 0 Å². The Bertz CT molecular complexity index is 974. The maximum Gasteiger partial charge on any atom is 0.256 e. The van der Waals surface area contributed by atoms with E-state index in [4.69, 9.17) is 9.47 Å². The number of hydrogen-bond donors (Lipinski definition) is 1. The van der Waals surface area contributed by atoms with Gasteiger partial charge in [0, 0.05) is 18.2 Å². The molecule has 0 bridgehead atoms. The molecule has 4 nitrogen and oxygen atoms in total. The quantitative estimate of drug-likeness (QED) is 0.730. The molecule has 0 aliphatic carbocycles. The van der Waals surface area contributed by atoms with Crippen molar-refractivity contribution >= 4 is 21.7 Å². The summed E-state index contributed by atoms with van der Waals surface area (Å²) in [7, 11) is 0. The zero-order chi connectivity index (χ0) is 16.7. The van der Waals surface area contributed by atoms with Crippen molar-refractivity contribution in [2.45, 2.75) is 25.9 Å². The van der Waals surface area contributed by atoms with Gasteiger partial charge in [0.25, 0.3) is 5.56 Å². The summed E-state index contributed by atoms with van der Waals surface area (Å²) in [6.07, 6.45) is 1.76. The number of ether oxygens (including phenoxy) is 2. The van der Waals surface area contributed by atoms with Crippen LogP contribution in [0.15, 0.2) is 35.1 Å². The molecule has 5 heteroatoms. The Morgan fingerprint density at radius 2 is 1.96 bits per heavy atom. The first-order valence-electron chi connectivity index (χ1n) is 8.12. The monoisotopic (exact) mass is 327 g/mol. The fraction of sp³-hybridized carbons (Fsp3) is 0.316. The highest BCUT2D eigenvalue weighted by molar-refractivity contribution is 6.06. The molecular weight excluding hydrogens is 309 g/mol. The van der Waals surface area contributed by atoms with Gasteiger partial charge in [-0.25, -0.2) is 4.39 Å². The van der Waals surface area contributed by atoms with Gasteiger partial charge in [-0.15, -0.1) is 0 Å². The number of hydrogen-bond acceptors (Lipinski definition) is 3. The summed E-state index contributed by atoms with van der Waals surface area (Å²) in [5.74, 6) is 0.302. The van der Waals surface area contributed by atoms with Crippen LogP contribution >= 0.6 is 0 Å². The first-order valence-corrected chi connectivity index (χ1v) is 8.12. The third kappa shape index (κ3) is 2.65.